The Morgan fingerprint density at radius 1 is 1.08 bits per heavy atom. The van der Waals surface area contributed by atoms with Gasteiger partial charge in [0.2, 0.25) is 0 Å². The molecule has 4 rings (SSSR count). The SMILES string of the molecule is Cc1cc2[nH]c(-c3[c]ccc(Oc4ccncc4)c3)nc2cc1Cl. The van der Waals surface area contributed by atoms with Gasteiger partial charge in [-0.3, -0.25) is 4.98 Å². The van der Waals surface area contributed by atoms with Crippen molar-refractivity contribution < 1.29 is 4.74 Å². The zero-order valence-electron chi connectivity index (χ0n) is 12.9. The predicted molar refractivity (Wildman–Crippen MR) is 94.4 cm³/mol. The molecule has 0 saturated heterocycles. The van der Waals surface area contributed by atoms with E-state index in [9.17, 15) is 0 Å². The van der Waals surface area contributed by atoms with Crippen LogP contribution in [-0.4, -0.2) is 15.0 Å². The fraction of sp³-hybridized carbons (Fsp3) is 0.0526. The molecule has 117 valence electrons. The number of nitrogens with one attached hydrogen (secondary N) is 1. The average molecular weight is 335 g/mol. The van der Waals surface area contributed by atoms with Gasteiger partial charge < -0.3 is 9.72 Å². The van der Waals surface area contributed by atoms with E-state index in [1.165, 1.54) is 0 Å². The van der Waals surface area contributed by atoms with Crippen LogP contribution in [0, 0.1) is 13.0 Å². The highest BCUT2D eigenvalue weighted by atomic mass is 35.5. The second-order valence-electron chi connectivity index (χ2n) is 5.43. The number of hydrogen-bond donors (Lipinski definition) is 1. The number of ether oxygens (including phenoxy) is 1. The van der Waals surface area contributed by atoms with Crippen LogP contribution in [0.5, 0.6) is 11.5 Å². The van der Waals surface area contributed by atoms with Crippen molar-refractivity contribution in [3.8, 4) is 22.9 Å². The van der Waals surface area contributed by atoms with Crippen molar-refractivity contribution in [2.75, 3.05) is 0 Å². The van der Waals surface area contributed by atoms with E-state index in [4.69, 9.17) is 16.3 Å². The number of nitrogens with zero attached hydrogens (tertiary/aromatic N) is 2. The summed E-state index contributed by atoms with van der Waals surface area (Å²) in [5.41, 5.74) is 3.61. The summed E-state index contributed by atoms with van der Waals surface area (Å²) in [4.78, 5) is 11.9. The monoisotopic (exact) mass is 334 g/mol. The van der Waals surface area contributed by atoms with E-state index >= 15 is 0 Å². The minimum atomic E-state index is 0.708. The van der Waals surface area contributed by atoms with Gasteiger partial charge in [-0.05, 0) is 61.0 Å². The predicted octanol–water partition coefficient (Wildman–Crippen LogP) is 5.18. The van der Waals surface area contributed by atoms with Crippen LogP contribution in [0.3, 0.4) is 0 Å². The number of imidazole rings is 1. The maximum absolute atomic E-state index is 6.17. The first kappa shape index (κ1) is 14.7. The lowest BCUT2D eigenvalue weighted by Crippen LogP contribution is -1.86. The summed E-state index contributed by atoms with van der Waals surface area (Å²) in [7, 11) is 0. The number of pyridine rings is 1. The highest BCUT2D eigenvalue weighted by Gasteiger charge is 2.09. The van der Waals surface area contributed by atoms with Crippen LogP contribution >= 0.6 is 11.6 Å². The second-order valence-corrected chi connectivity index (χ2v) is 5.83. The van der Waals surface area contributed by atoms with Gasteiger partial charge >= 0.3 is 0 Å². The molecule has 4 aromatic rings. The van der Waals surface area contributed by atoms with Crippen molar-refractivity contribution in [2.45, 2.75) is 6.92 Å². The third-order valence-electron chi connectivity index (χ3n) is 3.68. The Labute approximate surface area is 144 Å². The lowest BCUT2D eigenvalue weighted by Gasteiger charge is -2.06. The molecule has 1 radical (unpaired) electrons. The van der Waals surface area contributed by atoms with E-state index in [1.54, 1.807) is 12.4 Å². The summed E-state index contributed by atoms with van der Waals surface area (Å²) in [5, 5.41) is 0.708. The van der Waals surface area contributed by atoms with E-state index < -0.39 is 0 Å². The van der Waals surface area contributed by atoms with E-state index in [2.05, 4.69) is 21.0 Å². The van der Waals surface area contributed by atoms with Gasteiger partial charge in [-0.1, -0.05) is 11.6 Å². The highest BCUT2D eigenvalue weighted by molar-refractivity contribution is 6.32. The molecule has 0 aliphatic rings. The Balaban J connectivity index is 1.70. The Hall–Kier alpha value is -2.85. The van der Waals surface area contributed by atoms with Crippen LogP contribution in [0.4, 0.5) is 0 Å². The normalized spacial score (nSPS) is 10.9. The lowest BCUT2D eigenvalue weighted by molar-refractivity contribution is 0.482. The average Bonchev–Trinajstić information content (AvgIpc) is 2.99. The summed E-state index contributed by atoms with van der Waals surface area (Å²) in [6, 6.07) is 16.2. The standard InChI is InChI=1S/C19H13ClN3O/c1-12-9-17-18(11-16(12)20)23-19(22-17)13-3-2-4-15(10-13)24-14-5-7-21-8-6-14/h2,4-11H,1H3,(H,22,23). The van der Waals surface area contributed by atoms with Crippen molar-refractivity contribution in [2.24, 2.45) is 0 Å². The molecule has 0 bridgehead atoms. The molecule has 0 atom stereocenters. The van der Waals surface area contributed by atoms with Crippen LogP contribution in [0.2, 0.25) is 5.02 Å². The third-order valence-corrected chi connectivity index (χ3v) is 4.08. The summed E-state index contributed by atoms with van der Waals surface area (Å²) in [6.45, 7) is 1.97. The molecule has 2 aromatic heterocycles. The van der Waals surface area contributed by atoms with Crippen LogP contribution in [-0.2, 0) is 0 Å². The number of benzene rings is 2. The van der Waals surface area contributed by atoms with E-state index in [0.717, 1.165) is 33.7 Å². The van der Waals surface area contributed by atoms with Gasteiger partial charge in [-0.25, -0.2) is 4.98 Å². The Morgan fingerprint density at radius 2 is 1.92 bits per heavy atom. The number of aryl methyl sites for hydroxylation is 1. The summed E-state index contributed by atoms with van der Waals surface area (Å²) in [6.07, 6.45) is 3.38. The fourth-order valence-corrected chi connectivity index (χ4v) is 2.61. The Morgan fingerprint density at radius 3 is 2.75 bits per heavy atom. The lowest BCUT2D eigenvalue weighted by atomic mass is 10.2. The van der Waals surface area contributed by atoms with Crippen molar-refractivity contribution in [1.82, 2.24) is 15.0 Å². The molecule has 0 spiro atoms. The second kappa shape index (κ2) is 5.98. The van der Waals surface area contributed by atoms with Gasteiger partial charge in [0, 0.05) is 23.0 Å². The molecule has 0 aliphatic carbocycles. The molecule has 2 aromatic carbocycles. The third kappa shape index (κ3) is 2.84. The van der Waals surface area contributed by atoms with Gasteiger partial charge in [-0.15, -0.1) is 0 Å². The molecule has 24 heavy (non-hydrogen) atoms. The molecule has 5 heteroatoms. The Bertz CT molecular complexity index is 973. The van der Waals surface area contributed by atoms with Crippen LogP contribution in [0.25, 0.3) is 22.4 Å². The zero-order chi connectivity index (χ0) is 16.5. The van der Waals surface area contributed by atoms with Gasteiger partial charge in [0.25, 0.3) is 0 Å². The largest absolute Gasteiger partial charge is 0.457 e. The molecule has 1 N–H and O–H groups in total. The van der Waals surface area contributed by atoms with Gasteiger partial charge in [0.15, 0.2) is 0 Å². The van der Waals surface area contributed by atoms with E-state index in [1.807, 2.05) is 49.4 Å². The first-order valence-electron chi connectivity index (χ1n) is 7.45. The van der Waals surface area contributed by atoms with Crippen molar-refractivity contribution in [3.63, 3.8) is 0 Å². The number of halogens is 1. The van der Waals surface area contributed by atoms with Gasteiger partial charge in [0.1, 0.15) is 17.3 Å². The number of H-pyrrole nitrogens is 1. The maximum Gasteiger partial charge on any atom is 0.139 e. The van der Waals surface area contributed by atoms with Crippen molar-refractivity contribution in [3.05, 3.63) is 71.5 Å². The van der Waals surface area contributed by atoms with Crippen LogP contribution in [0.15, 0.2) is 54.9 Å². The van der Waals surface area contributed by atoms with Crippen LogP contribution in [0.1, 0.15) is 5.56 Å². The summed E-state index contributed by atoms with van der Waals surface area (Å²) in [5.74, 6) is 2.17. The first-order valence-corrected chi connectivity index (χ1v) is 7.83. The smallest absolute Gasteiger partial charge is 0.139 e. The van der Waals surface area contributed by atoms with E-state index in [0.29, 0.717) is 10.8 Å². The summed E-state index contributed by atoms with van der Waals surface area (Å²) >= 11 is 6.17. The molecule has 0 saturated carbocycles. The zero-order valence-corrected chi connectivity index (χ0v) is 13.6. The number of fused-ring (bicyclic) bond motifs is 1. The van der Waals surface area contributed by atoms with E-state index in [-0.39, 0.29) is 0 Å². The molecule has 4 nitrogen and oxygen atoms in total. The molecular weight excluding hydrogens is 322 g/mol. The first-order chi connectivity index (χ1) is 11.7. The highest BCUT2D eigenvalue weighted by Crippen LogP contribution is 2.28. The van der Waals surface area contributed by atoms with Crippen LogP contribution < -0.4 is 4.74 Å². The number of aromatic nitrogens is 3. The van der Waals surface area contributed by atoms with Crippen molar-refractivity contribution in [1.29, 1.82) is 0 Å². The fourth-order valence-electron chi connectivity index (χ4n) is 2.46. The van der Waals surface area contributed by atoms with Gasteiger partial charge in [-0.2, -0.15) is 0 Å². The van der Waals surface area contributed by atoms with Gasteiger partial charge in [0.05, 0.1) is 11.0 Å². The minimum Gasteiger partial charge on any atom is -0.457 e. The molecule has 0 unspecified atom stereocenters. The molecule has 0 fully saturated rings. The minimum absolute atomic E-state index is 0.708. The quantitative estimate of drug-likeness (QED) is 0.561. The Kier molecular flexibility index (Phi) is 3.67. The van der Waals surface area contributed by atoms with Crippen molar-refractivity contribution >= 4 is 22.6 Å². The number of rotatable bonds is 3. The number of hydrogen-bond acceptors (Lipinski definition) is 3. The molecule has 2 heterocycles. The molecule has 0 amide bonds. The summed E-state index contributed by atoms with van der Waals surface area (Å²) < 4.78 is 5.83. The molecular formula is C19H13ClN3O. The topological polar surface area (TPSA) is 50.8 Å². The number of aromatic amines is 1. The maximum atomic E-state index is 6.17. The molecule has 0 aliphatic heterocycles.